The van der Waals surface area contributed by atoms with Gasteiger partial charge in [0.2, 0.25) is 0 Å². The van der Waals surface area contributed by atoms with Crippen LogP contribution in [-0.4, -0.2) is 31.8 Å². The molecule has 4 nitrogen and oxygen atoms in total. The molecule has 0 heterocycles. The van der Waals surface area contributed by atoms with Crippen LogP contribution in [0.3, 0.4) is 0 Å². The molecule has 152 valence electrons. The summed E-state index contributed by atoms with van der Waals surface area (Å²) in [6, 6.07) is 15.9. The Morgan fingerprint density at radius 3 is 2.43 bits per heavy atom. The lowest BCUT2D eigenvalue weighted by molar-refractivity contribution is -0.159. The molecule has 28 heavy (non-hydrogen) atoms. The maximum atomic E-state index is 12.4. The first-order valence-corrected chi connectivity index (χ1v) is 10.1. The fourth-order valence-corrected chi connectivity index (χ4v) is 3.48. The average molecular weight is 404 g/mol. The van der Waals surface area contributed by atoms with Crippen LogP contribution in [0.15, 0.2) is 48.5 Å². The number of halogens is 1. The van der Waals surface area contributed by atoms with E-state index in [2.05, 4.69) is 24.3 Å². The predicted octanol–water partition coefficient (Wildman–Crippen LogP) is 4.87. The van der Waals surface area contributed by atoms with E-state index in [-0.39, 0.29) is 12.0 Å². The van der Waals surface area contributed by atoms with E-state index in [0.29, 0.717) is 32.7 Å². The molecule has 2 aromatic rings. The molecule has 0 aliphatic rings. The van der Waals surface area contributed by atoms with Crippen molar-refractivity contribution in [2.24, 2.45) is 11.1 Å². The highest BCUT2D eigenvalue weighted by Gasteiger charge is 2.36. The Hall–Kier alpha value is -1.88. The SMILES string of the molecule is CCOCC(C)(C[C@H](N)Cc1ccc(-c2cccc(Cl)c2)cc1)C(=O)OCC. The van der Waals surface area contributed by atoms with Crippen LogP contribution in [0, 0.1) is 5.41 Å². The number of hydrogen-bond donors (Lipinski definition) is 1. The second-order valence-corrected chi connectivity index (χ2v) is 7.73. The van der Waals surface area contributed by atoms with Crippen LogP contribution in [0.5, 0.6) is 0 Å². The number of ether oxygens (including phenoxy) is 2. The van der Waals surface area contributed by atoms with Crippen molar-refractivity contribution in [2.45, 2.75) is 39.7 Å². The molecular formula is C23H30ClNO3. The highest BCUT2D eigenvalue weighted by atomic mass is 35.5. The van der Waals surface area contributed by atoms with Gasteiger partial charge in [-0.1, -0.05) is 48.0 Å². The van der Waals surface area contributed by atoms with E-state index in [9.17, 15) is 4.79 Å². The van der Waals surface area contributed by atoms with Gasteiger partial charge in [-0.2, -0.15) is 0 Å². The molecule has 0 radical (unpaired) electrons. The third-order valence-electron chi connectivity index (χ3n) is 4.72. The molecule has 2 atom stereocenters. The summed E-state index contributed by atoms with van der Waals surface area (Å²) in [5.74, 6) is -0.254. The van der Waals surface area contributed by atoms with E-state index in [1.807, 2.05) is 38.1 Å². The van der Waals surface area contributed by atoms with Gasteiger partial charge in [0.05, 0.1) is 18.6 Å². The first kappa shape index (κ1) is 22.4. The van der Waals surface area contributed by atoms with Gasteiger partial charge < -0.3 is 15.2 Å². The number of esters is 1. The molecule has 0 spiro atoms. The second-order valence-electron chi connectivity index (χ2n) is 7.29. The van der Waals surface area contributed by atoms with E-state index in [1.165, 1.54) is 0 Å². The summed E-state index contributed by atoms with van der Waals surface area (Å²) in [4.78, 5) is 12.4. The van der Waals surface area contributed by atoms with E-state index in [1.54, 1.807) is 6.92 Å². The maximum Gasteiger partial charge on any atom is 0.314 e. The van der Waals surface area contributed by atoms with Crippen molar-refractivity contribution in [3.05, 3.63) is 59.1 Å². The molecule has 0 fully saturated rings. The molecule has 2 N–H and O–H groups in total. The van der Waals surface area contributed by atoms with Crippen LogP contribution in [0.25, 0.3) is 11.1 Å². The summed E-state index contributed by atoms with van der Waals surface area (Å²) in [6.07, 6.45) is 1.18. The molecule has 1 unspecified atom stereocenters. The lowest BCUT2D eigenvalue weighted by Crippen LogP contribution is -2.41. The monoisotopic (exact) mass is 403 g/mol. The van der Waals surface area contributed by atoms with Crippen LogP contribution >= 0.6 is 11.6 Å². The van der Waals surface area contributed by atoms with E-state index >= 15 is 0 Å². The first-order valence-electron chi connectivity index (χ1n) is 9.73. The zero-order valence-electron chi connectivity index (χ0n) is 16.9. The third kappa shape index (κ3) is 6.33. The molecule has 0 saturated carbocycles. The number of hydrogen-bond acceptors (Lipinski definition) is 4. The van der Waals surface area contributed by atoms with Gasteiger partial charge >= 0.3 is 5.97 Å². The van der Waals surface area contributed by atoms with Crippen molar-refractivity contribution in [2.75, 3.05) is 19.8 Å². The summed E-state index contributed by atoms with van der Waals surface area (Å²) in [5, 5.41) is 0.719. The van der Waals surface area contributed by atoms with Gasteiger partial charge in [0, 0.05) is 17.7 Å². The van der Waals surface area contributed by atoms with Crippen LogP contribution in [0.1, 0.15) is 32.8 Å². The number of rotatable bonds is 10. The summed E-state index contributed by atoms with van der Waals surface area (Å²) in [7, 11) is 0. The molecule has 0 aromatic heterocycles. The Bertz CT molecular complexity index is 763. The number of benzene rings is 2. The minimum Gasteiger partial charge on any atom is -0.466 e. The molecule has 0 saturated heterocycles. The van der Waals surface area contributed by atoms with Crippen molar-refractivity contribution >= 4 is 17.6 Å². The number of carbonyl (C=O) groups excluding carboxylic acids is 1. The van der Waals surface area contributed by atoms with E-state index in [4.69, 9.17) is 26.8 Å². The lowest BCUT2D eigenvalue weighted by atomic mass is 9.82. The third-order valence-corrected chi connectivity index (χ3v) is 4.95. The standard InChI is InChI=1S/C23H30ClNO3/c1-4-27-16-23(3,22(26)28-5-2)15-21(25)13-17-9-11-18(12-10-17)19-7-6-8-20(24)14-19/h6-12,14,21H,4-5,13,15-16,25H2,1-3H3/t21-,23?/m1/s1. The summed E-state index contributed by atoms with van der Waals surface area (Å²) in [5.41, 5.74) is 8.95. The van der Waals surface area contributed by atoms with E-state index in [0.717, 1.165) is 21.7 Å². The van der Waals surface area contributed by atoms with Gasteiger partial charge in [-0.25, -0.2) is 0 Å². The van der Waals surface area contributed by atoms with Gasteiger partial charge in [0.1, 0.15) is 0 Å². The normalized spacial score (nSPS) is 14.3. The molecule has 0 aliphatic carbocycles. The zero-order valence-corrected chi connectivity index (χ0v) is 17.7. The summed E-state index contributed by atoms with van der Waals surface area (Å²) < 4.78 is 10.8. The molecule has 2 aromatic carbocycles. The zero-order chi connectivity index (χ0) is 20.6. The van der Waals surface area contributed by atoms with Gasteiger partial charge in [-0.3, -0.25) is 4.79 Å². The van der Waals surface area contributed by atoms with Crippen molar-refractivity contribution in [1.82, 2.24) is 0 Å². The van der Waals surface area contributed by atoms with Gasteiger partial charge in [-0.05, 0) is 62.4 Å². The lowest BCUT2D eigenvalue weighted by Gasteiger charge is -2.29. The average Bonchev–Trinajstić information content (AvgIpc) is 2.67. The predicted molar refractivity (Wildman–Crippen MR) is 114 cm³/mol. The molecular weight excluding hydrogens is 374 g/mol. The molecule has 0 aliphatic heterocycles. The van der Waals surface area contributed by atoms with Gasteiger partial charge in [0.25, 0.3) is 0 Å². The molecule has 2 rings (SSSR count). The Balaban J connectivity index is 2.04. The fraction of sp³-hybridized carbons (Fsp3) is 0.435. The molecule has 5 heteroatoms. The minimum atomic E-state index is -0.744. The second kappa shape index (κ2) is 10.6. The van der Waals surface area contributed by atoms with Gasteiger partial charge in [-0.15, -0.1) is 0 Å². The smallest absolute Gasteiger partial charge is 0.314 e. The van der Waals surface area contributed by atoms with Crippen LogP contribution < -0.4 is 5.73 Å². The van der Waals surface area contributed by atoms with Crippen molar-refractivity contribution in [3.63, 3.8) is 0 Å². The topological polar surface area (TPSA) is 61.5 Å². The highest BCUT2D eigenvalue weighted by Crippen LogP contribution is 2.28. The van der Waals surface area contributed by atoms with Crippen molar-refractivity contribution < 1.29 is 14.3 Å². The van der Waals surface area contributed by atoms with Crippen molar-refractivity contribution in [1.29, 1.82) is 0 Å². The van der Waals surface area contributed by atoms with Gasteiger partial charge in [0.15, 0.2) is 0 Å². The minimum absolute atomic E-state index is 0.174. The quantitative estimate of drug-likeness (QED) is 0.574. The highest BCUT2D eigenvalue weighted by molar-refractivity contribution is 6.30. The molecule has 0 amide bonds. The number of nitrogens with two attached hydrogens (primary N) is 1. The Labute approximate surface area is 173 Å². The van der Waals surface area contributed by atoms with Crippen molar-refractivity contribution in [3.8, 4) is 11.1 Å². The Kier molecular flexibility index (Phi) is 8.49. The fourth-order valence-electron chi connectivity index (χ4n) is 3.29. The Morgan fingerprint density at radius 2 is 1.82 bits per heavy atom. The van der Waals surface area contributed by atoms with Crippen LogP contribution in [0.4, 0.5) is 0 Å². The summed E-state index contributed by atoms with van der Waals surface area (Å²) >= 11 is 6.08. The maximum absolute atomic E-state index is 12.4. The summed E-state index contributed by atoms with van der Waals surface area (Å²) in [6.45, 7) is 6.79. The van der Waals surface area contributed by atoms with E-state index < -0.39 is 5.41 Å². The first-order chi connectivity index (χ1) is 13.4. The Morgan fingerprint density at radius 1 is 1.11 bits per heavy atom. The number of carbonyl (C=O) groups is 1. The van der Waals surface area contributed by atoms with Crippen LogP contribution in [0.2, 0.25) is 5.02 Å². The van der Waals surface area contributed by atoms with Crippen LogP contribution in [-0.2, 0) is 20.7 Å². The largest absolute Gasteiger partial charge is 0.466 e. The molecule has 0 bridgehead atoms.